The second kappa shape index (κ2) is 10.4. The van der Waals surface area contributed by atoms with Gasteiger partial charge in [0.25, 0.3) is 5.91 Å². The first kappa shape index (κ1) is 24.7. The summed E-state index contributed by atoms with van der Waals surface area (Å²) in [6.07, 6.45) is 2.93. The van der Waals surface area contributed by atoms with Gasteiger partial charge in [0, 0.05) is 37.2 Å². The van der Waals surface area contributed by atoms with Crippen LogP contribution in [0.5, 0.6) is 5.88 Å². The highest BCUT2D eigenvalue weighted by atomic mass is 19.1. The minimum atomic E-state index is -0.428. The molecule has 2 aliphatic rings. The van der Waals surface area contributed by atoms with Gasteiger partial charge in [-0.05, 0) is 38.0 Å². The second-order valence-corrected chi connectivity index (χ2v) is 9.42. The third-order valence-corrected chi connectivity index (χ3v) is 6.49. The molecule has 2 amide bonds. The Kier molecular flexibility index (Phi) is 7.37. The highest BCUT2D eigenvalue weighted by Gasteiger charge is 2.37. The van der Waals surface area contributed by atoms with Crippen molar-refractivity contribution in [3.8, 4) is 17.7 Å². The van der Waals surface area contributed by atoms with Gasteiger partial charge in [0.15, 0.2) is 0 Å². The smallest absolute Gasteiger partial charge is 0.259 e. The number of carbonyl (C=O) groups excluding carboxylic acids is 2. The van der Waals surface area contributed by atoms with E-state index in [4.69, 9.17) is 4.74 Å². The van der Waals surface area contributed by atoms with E-state index in [0.717, 1.165) is 12.8 Å². The van der Waals surface area contributed by atoms with Crippen molar-refractivity contribution >= 4 is 11.8 Å². The van der Waals surface area contributed by atoms with Crippen molar-refractivity contribution in [3.63, 3.8) is 0 Å². The Morgan fingerprint density at radius 3 is 2.77 bits per heavy atom. The molecule has 1 saturated carbocycles. The van der Waals surface area contributed by atoms with Crippen LogP contribution >= 0.6 is 0 Å². The van der Waals surface area contributed by atoms with Gasteiger partial charge >= 0.3 is 0 Å². The van der Waals surface area contributed by atoms with Crippen LogP contribution in [0.2, 0.25) is 0 Å². The summed E-state index contributed by atoms with van der Waals surface area (Å²) in [5.74, 6) is 5.14. The first-order valence-corrected chi connectivity index (χ1v) is 11.9. The number of likely N-dealkylation sites (N-methyl/N-ethyl adjacent to an activating group) is 1. The molecule has 0 bridgehead atoms. The summed E-state index contributed by atoms with van der Waals surface area (Å²) >= 11 is 0. The van der Waals surface area contributed by atoms with Gasteiger partial charge in [-0.1, -0.05) is 30.9 Å². The first-order chi connectivity index (χ1) is 16.8. The summed E-state index contributed by atoms with van der Waals surface area (Å²) in [6, 6.07) is 7.36. The van der Waals surface area contributed by atoms with Crippen LogP contribution in [-0.4, -0.2) is 70.6 Å². The Morgan fingerprint density at radius 2 is 2.09 bits per heavy atom. The zero-order valence-corrected chi connectivity index (χ0v) is 20.2. The zero-order valence-electron chi connectivity index (χ0n) is 20.2. The van der Waals surface area contributed by atoms with Crippen molar-refractivity contribution in [2.75, 3.05) is 26.7 Å². The summed E-state index contributed by atoms with van der Waals surface area (Å²) in [5.41, 5.74) is 0.903. The largest absolute Gasteiger partial charge is 0.472 e. The zero-order chi connectivity index (χ0) is 25.1. The molecule has 184 valence electrons. The molecule has 1 aromatic heterocycles. The van der Waals surface area contributed by atoms with Crippen LogP contribution in [-0.2, 0) is 4.79 Å². The van der Waals surface area contributed by atoms with E-state index in [2.05, 4.69) is 16.8 Å². The van der Waals surface area contributed by atoms with Crippen LogP contribution in [0, 0.1) is 29.5 Å². The number of hydrogen-bond donors (Lipinski definition) is 1. The highest BCUT2D eigenvalue weighted by Crippen LogP contribution is 2.32. The lowest BCUT2D eigenvalue weighted by Gasteiger charge is -2.37. The van der Waals surface area contributed by atoms with E-state index < -0.39 is 18.0 Å². The molecule has 0 saturated heterocycles. The second-order valence-electron chi connectivity index (χ2n) is 9.42. The van der Waals surface area contributed by atoms with Gasteiger partial charge in [-0.2, -0.15) is 0 Å². The number of aromatic nitrogens is 1. The topological polar surface area (TPSA) is 83.0 Å². The number of ether oxygens (including phenoxy) is 1. The van der Waals surface area contributed by atoms with Gasteiger partial charge in [0.05, 0.1) is 24.8 Å². The molecule has 2 aromatic rings. The third-order valence-electron chi connectivity index (χ3n) is 6.49. The number of fused-ring (bicyclic) bond motifs is 1. The first-order valence-electron chi connectivity index (χ1n) is 11.9. The number of rotatable bonds is 5. The third kappa shape index (κ3) is 5.63. The average molecular weight is 480 g/mol. The van der Waals surface area contributed by atoms with Crippen molar-refractivity contribution in [1.82, 2.24) is 14.8 Å². The minimum absolute atomic E-state index is 0.0948. The molecule has 7 nitrogen and oxygen atoms in total. The standard InChI is InChI=1S/C27H30FN3O4/c1-17-14-31(18(2)16-32)27(34)22-12-19(8-9-20-6-4-5-7-23(20)28)13-29-25(22)35-24(17)15-30(3)26(33)21-10-11-21/h4-7,12-13,17-18,21,24,32H,10-11,14-16H2,1-3H3/t17-,18-,24+/m1/s1. The molecule has 0 unspecified atom stereocenters. The molecular weight excluding hydrogens is 449 g/mol. The maximum atomic E-state index is 13.9. The number of carbonyl (C=O) groups is 2. The van der Waals surface area contributed by atoms with Gasteiger partial charge < -0.3 is 19.6 Å². The molecule has 2 heterocycles. The van der Waals surface area contributed by atoms with E-state index in [-0.39, 0.29) is 47.3 Å². The van der Waals surface area contributed by atoms with Crippen molar-refractivity contribution in [3.05, 3.63) is 59.0 Å². The lowest BCUT2D eigenvalue weighted by atomic mass is 9.99. The van der Waals surface area contributed by atoms with Crippen molar-refractivity contribution in [2.24, 2.45) is 11.8 Å². The van der Waals surface area contributed by atoms with Crippen LogP contribution in [0.25, 0.3) is 0 Å². The quantitative estimate of drug-likeness (QED) is 0.667. The predicted octanol–water partition coefficient (Wildman–Crippen LogP) is 2.71. The molecule has 1 aromatic carbocycles. The molecule has 1 aliphatic heterocycles. The van der Waals surface area contributed by atoms with E-state index in [0.29, 0.717) is 18.7 Å². The van der Waals surface area contributed by atoms with Crippen LogP contribution in [0.4, 0.5) is 4.39 Å². The number of aliphatic hydroxyl groups excluding tert-OH is 1. The SMILES string of the molecule is C[C@@H]1CN([C@H](C)CO)C(=O)c2cc(C#Cc3ccccc3F)cnc2O[C@H]1CN(C)C(=O)C1CC1. The number of aliphatic hydroxyl groups is 1. The Labute approximate surface area is 204 Å². The molecule has 1 aliphatic carbocycles. The molecule has 35 heavy (non-hydrogen) atoms. The number of amides is 2. The van der Waals surface area contributed by atoms with Crippen molar-refractivity contribution in [1.29, 1.82) is 0 Å². The van der Waals surface area contributed by atoms with Gasteiger partial charge in [-0.3, -0.25) is 9.59 Å². The molecule has 3 atom stereocenters. The summed E-state index contributed by atoms with van der Waals surface area (Å²) in [6.45, 7) is 4.26. The van der Waals surface area contributed by atoms with Crippen LogP contribution in [0.1, 0.15) is 48.2 Å². The Morgan fingerprint density at radius 1 is 1.34 bits per heavy atom. The number of nitrogens with zero attached hydrogens (tertiary/aromatic N) is 3. The Hall–Kier alpha value is -3.44. The number of pyridine rings is 1. The minimum Gasteiger partial charge on any atom is -0.472 e. The number of hydrogen-bond acceptors (Lipinski definition) is 5. The van der Waals surface area contributed by atoms with E-state index in [9.17, 15) is 19.1 Å². The van der Waals surface area contributed by atoms with E-state index in [1.165, 1.54) is 12.3 Å². The fourth-order valence-electron chi connectivity index (χ4n) is 4.09. The van der Waals surface area contributed by atoms with Gasteiger partial charge in [-0.15, -0.1) is 0 Å². The fraction of sp³-hybridized carbons (Fsp3) is 0.444. The molecule has 0 radical (unpaired) electrons. The normalized spacial score (nSPS) is 20.5. The predicted molar refractivity (Wildman–Crippen MR) is 128 cm³/mol. The summed E-state index contributed by atoms with van der Waals surface area (Å²) in [4.78, 5) is 33.7. The molecule has 1 fully saturated rings. The van der Waals surface area contributed by atoms with Crippen LogP contribution in [0.15, 0.2) is 36.5 Å². The van der Waals surface area contributed by atoms with Gasteiger partial charge in [-0.25, -0.2) is 9.37 Å². The molecule has 4 rings (SSSR count). The average Bonchev–Trinajstić information content (AvgIpc) is 3.70. The van der Waals surface area contributed by atoms with Crippen LogP contribution in [0.3, 0.4) is 0 Å². The van der Waals surface area contributed by atoms with E-state index >= 15 is 0 Å². The molecular formula is C27H30FN3O4. The van der Waals surface area contributed by atoms with Crippen molar-refractivity contribution in [2.45, 2.75) is 38.8 Å². The fourth-order valence-corrected chi connectivity index (χ4v) is 4.09. The molecule has 0 spiro atoms. The van der Waals surface area contributed by atoms with E-state index in [1.807, 2.05) is 6.92 Å². The van der Waals surface area contributed by atoms with E-state index in [1.54, 1.807) is 48.0 Å². The van der Waals surface area contributed by atoms with Crippen molar-refractivity contribution < 1.29 is 23.8 Å². The number of benzene rings is 1. The number of halogens is 1. The maximum absolute atomic E-state index is 13.9. The highest BCUT2D eigenvalue weighted by molar-refractivity contribution is 5.97. The summed E-state index contributed by atoms with van der Waals surface area (Å²) < 4.78 is 20.2. The Bertz CT molecular complexity index is 1170. The lowest BCUT2D eigenvalue weighted by molar-refractivity contribution is -0.132. The van der Waals surface area contributed by atoms with Gasteiger partial charge in [0.2, 0.25) is 11.8 Å². The van der Waals surface area contributed by atoms with Gasteiger partial charge in [0.1, 0.15) is 17.5 Å². The maximum Gasteiger partial charge on any atom is 0.259 e. The summed E-state index contributed by atoms with van der Waals surface area (Å²) in [5, 5.41) is 9.79. The Balaban J connectivity index is 1.67. The monoisotopic (exact) mass is 479 g/mol. The van der Waals surface area contributed by atoms with Crippen LogP contribution < -0.4 is 4.74 Å². The summed E-state index contributed by atoms with van der Waals surface area (Å²) in [7, 11) is 1.77. The lowest BCUT2D eigenvalue weighted by Crippen LogP contribution is -2.50. The molecule has 1 N–H and O–H groups in total. The molecule has 8 heteroatoms.